The molecule has 4 nitrogen and oxygen atoms in total. The van der Waals surface area contributed by atoms with E-state index < -0.39 is 10.0 Å². The first kappa shape index (κ1) is 15.2. The molecular weight excluding hydrogens is 272 g/mol. The third-order valence-electron chi connectivity index (χ3n) is 3.27. The van der Waals surface area contributed by atoms with Gasteiger partial charge in [-0.3, -0.25) is 0 Å². The molecule has 0 bridgehead atoms. The Balaban J connectivity index is 2.19. The largest absolute Gasteiger partial charge is 0.310 e. The summed E-state index contributed by atoms with van der Waals surface area (Å²) in [6.07, 6.45) is 4.72. The zero-order valence-corrected chi connectivity index (χ0v) is 12.9. The second-order valence-corrected chi connectivity index (χ2v) is 7.24. The van der Waals surface area contributed by atoms with E-state index in [2.05, 4.69) is 19.2 Å². The van der Waals surface area contributed by atoms with E-state index in [0.717, 1.165) is 12.0 Å². The van der Waals surface area contributed by atoms with Crippen molar-refractivity contribution in [2.45, 2.75) is 37.8 Å². The Labute approximate surface area is 121 Å². The molecule has 0 amide bonds. The number of benzene rings is 1. The van der Waals surface area contributed by atoms with Gasteiger partial charge in [-0.2, -0.15) is 4.31 Å². The van der Waals surface area contributed by atoms with Gasteiger partial charge in [0.2, 0.25) is 10.0 Å². The molecule has 0 atom stereocenters. The van der Waals surface area contributed by atoms with Crippen LogP contribution < -0.4 is 5.32 Å². The fraction of sp³-hybridized carbons (Fsp3) is 0.467. The van der Waals surface area contributed by atoms with Gasteiger partial charge in [-0.05, 0) is 24.1 Å². The van der Waals surface area contributed by atoms with Gasteiger partial charge < -0.3 is 5.32 Å². The van der Waals surface area contributed by atoms with Gasteiger partial charge in [0.15, 0.2) is 0 Å². The van der Waals surface area contributed by atoms with Gasteiger partial charge in [-0.1, -0.05) is 38.1 Å². The molecule has 5 heteroatoms. The Bertz CT molecular complexity index is 579. The molecule has 0 radical (unpaired) electrons. The summed E-state index contributed by atoms with van der Waals surface area (Å²) in [5.41, 5.74) is 0.993. The van der Waals surface area contributed by atoms with E-state index in [0.29, 0.717) is 30.6 Å². The van der Waals surface area contributed by atoms with Crippen LogP contribution in [0.4, 0.5) is 0 Å². The molecule has 1 aromatic rings. The van der Waals surface area contributed by atoms with Crippen LogP contribution in [-0.2, 0) is 16.6 Å². The van der Waals surface area contributed by atoms with Crippen LogP contribution in [0.25, 0.3) is 0 Å². The normalized spacial score (nSPS) is 16.8. The minimum absolute atomic E-state index is 0.377. The molecule has 0 spiro atoms. The van der Waals surface area contributed by atoms with Crippen LogP contribution in [0.3, 0.4) is 0 Å². The van der Waals surface area contributed by atoms with E-state index in [4.69, 9.17) is 0 Å². The van der Waals surface area contributed by atoms with Crippen molar-refractivity contribution in [1.29, 1.82) is 0 Å². The average molecular weight is 294 g/mol. The molecule has 0 aliphatic carbocycles. The monoisotopic (exact) mass is 294 g/mol. The molecule has 1 aliphatic heterocycles. The van der Waals surface area contributed by atoms with Crippen LogP contribution in [0.1, 0.15) is 25.8 Å². The minimum Gasteiger partial charge on any atom is -0.310 e. The fourth-order valence-electron chi connectivity index (χ4n) is 2.13. The van der Waals surface area contributed by atoms with Crippen LogP contribution in [0.2, 0.25) is 0 Å². The summed E-state index contributed by atoms with van der Waals surface area (Å²) >= 11 is 0. The smallest absolute Gasteiger partial charge is 0.243 e. The first-order valence-corrected chi connectivity index (χ1v) is 8.41. The summed E-state index contributed by atoms with van der Waals surface area (Å²) in [6, 6.07) is 7.58. The number of nitrogens with one attached hydrogen (secondary N) is 1. The van der Waals surface area contributed by atoms with Crippen LogP contribution in [0, 0.1) is 0 Å². The second-order valence-electron chi connectivity index (χ2n) is 5.31. The van der Waals surface area contributed by atoms with Crippen molar-refractivity contribution in [2.75, 3.05) is 13.1 Å². The number of hydrogen-bond donors (Lipinski definition) is 1. The highest BCUT2D eigenvalue weighted by atomic mass is 32.2. The first-order chi connectivity index (χ1) is 9.50. The highest BCUT2D eigenvalue weighted by Gasteiger charge is 2.24. The molecule has 1 N–H and O–H groups in total. The highest BCUT2D eigenvalue weighted by Crippen LogP contribution is 2.19. The maximum absolute atomic E-state index is 12.5. The molecule has 0 saturated heterocycles. The fourth-order valence-corrected chi connectivity index (χ4v) is 3.60. The number of nitrogens with zero attached hydrogens (tertiary/aromatic N) is 1. The van der Waals surface area contributed by atoms with Crippen molar-refractivity contribution in [3.8, 4) is 0 Å². The number of rotatable bonds is 5. The molecule has 1 aliphatic rings. The lowest BCUT2D eigenvalue weighted by atomic mass is 10.2. The van der Waals surface area contributed by atoms with E-state index in [1.54, 1.807) is 12.1 Å². The molecule has 0 unspecified atom stereocenters. The molecular formula is C15H22N2O2S. The Morgan fingerprint density at radius 2 is 2.10 bits per heavy atom. The highest BCUT2D eigenvalue weighted by molar-refractivity contribution is 7.89. The summed E-state index contributed by atoms with van der Waals surface area (Å²) in [4.78, 5) is 0.385. The minimum atomic E-state index is -3.37. The van der Waals surface area contributed by atoms with E-state index >= 15 is 0 Å². The van der Waals surface area contributed by atoms with Crippen molar-refractivity contribution in [3.05, 3.63) is 42.0 Å². The molecule has 2 rings (SSSR count). The van der Waals surface area contributed by atoms with E-state index in [1.165, 1.54) is 4.31 Å². The second kappa shape index (κ2) is 6.52. The maximum atomic E-state index is 12.5. The van der Waals surface area contributed by atoms with Gasteiger partial charge in [-0.25, -0.2) is 8.42 Å². The molecule has 0 saturated carbocycles. The lowest BCUT2D eigenvalue weighted by molar-refractivity contribution is 0.437. The number of hydrogen-bond acceptors (Lipinski definition) is 3. The van der Waals surface area contributed by atoms with Crippen LogP contribution in [0.15, 0.2) is 41.3 Å². The summed E-state index contributed by atoms with van der Waals surface area (Å²) in [7, 11) is -3.37. The Hall–Kier alpha value is -1.17. The summed E-state index contributed by atoms with van der Waals surface area (Å²) in [6.45, 7) is 5.85. The lowest BCUT2D eigenvalue weighted by Crippen LogP contribution is -2.33. The number of sulfonamides is 1. The maximum Gasteiger partial charge on any atom is 0.243 e. The van der Waals surface area contributed by atoms with Crippen LogP contribution >= 0.6 is 0 Å². The zero-order valence-electron chi connectivity index (χ0n) is 12.0. The molecule has 0 fully saturated rings. The Morgan fingerprint density at radius 1 is 1.30 bits per heavy atom. The van der Waals surface area contributed by atoms with Gasteiger partial charge in [0, 0.05) is 25.7 Å². The zero-order chi connectivity index (χ0) is 14.6. The summed E-state index contributed by atoms with van der Waals surface area (Å²) in [5, 5.41) is 3.30. The van der Waals surface area contributed by atoms with E-state index in [9.17, 15) is 8.42 Å². The first-order valence-electron chi connectivity index (χ1n) is 6.97. The van der Waals surface area contributed by atoms with Gasteiger partial charge in [0.1, 0.15) is 0 Å². The van der Waals surface area contributed by atoms with Crippen molar-refractivity contribution in [3.63, 3.8) is 0 Å². The molecule has 1 heterocycles. The van der Waals surface area contributed by atoms with Crippen molar-refractivity contribution >= 4 is 10.0 Å². The van der Waals surface area contributed by atoms with Gasteiger partial charge >= 0.3 is 0 Å². The van der Waals surface area contributed by atoms with Gasteiger partial charge in [0.05, 0.1) is 4.90 Å². The quantitative estimate of drug-likeness (QED) is 0.846. The molecule has 110 valence electrons. The summed E-state index contributed by atoms with van der Waals surface area (Å²) in [5.74, 6) is 0. The predicted octanol–water partition coefficient (Wildman–Crippen LogP) is 2.14. The van der Waals surface area contributed by atoms with Gasteiger partial charge in [0.25, 0.3) is 0 Å². The van der Waals surface area contributed by atoms with Crippen LogP contribution in [-0.4, -0.2) is 31.9 Å². The van der Waals surface area contributed by atoms with Crippen molar-refractivity contribution in [1.82, 2.24) is 9.62 Å². The molecule has 20 heavy (non-hydrogen) atoms. The topological polar surface area (TPSA) is 49.4 Å². The lowest BCUT2D eigenvalue weighted by Gasteiger charge is -2.23. The Morgan fingerprint density at radius 3 is 2.75 bits per heavy atom. The van der Waals surface area contributed by atoms with Crippen molar-refractivity contribution < 1.29 is 8.42 Å². The SMILES string of the molecule is CC(C)NCc1cccc(S(=O)(=O)N2CC=CCC2)c1. The molecule has 1 aromatic carbocycles. The third kappa shape index (κ3) is 3.69. The standard InChI is InChI=1S/C15H22N2O2S/c1-13(2)16-12-14-7-6-8-15(11-14)20(18,19)17-9-4-3-5-10-17/h3-4,6-8,11,13,16H,5,9-10,12H2,1-2H3. The Kier molecular flexibility index (Phi) is 4.96. The van der Waals surface area contributed by atoms with E-state index in [-0.39, 0.29) is 0 Å². The third-order valence-corrected chi connectivity index (χ3v) is 5.13. The van der Waals surface area contributed by atoms with Crippen LogP contribution in [0.5, 0.6) is 0 Å². The van der Waals surface area contributed by atoms with Gasteiger partial charge in [-0.15, -0.1) is 0 Å². The van der Waals surface area contributed by atoms with E-state index in [1.807, 2.05) is 24.3 Å². The molecule has 0 aromatic heterocycles. The predicted molar refractivity (Wildman–Crippen MR) is 80.9 cm³/mol. The average Bonchev–Trinajstić information content (AvgIpc) is 2.46. The van der Waals surface area contributed by atoms with Crippen molar-refractivity contribution in [2.24, 2.45) is 0 Å². The summed E-state index contributed by atoms with van der Waals surface area (Å²) < 4.78 is 26.6.